The second kappa shape index (κ2) is 6.12. The van der Waals surface area contributed by atoms with E-state index in [0.29, 0.717) is 18.0 Å². The van der Waals surface area contributed by atoms with Crippen LogP contribution in [0.25, 0.3) is 0 Å². The second-order valence-corrected chi connectivity index (χ2v) is 5.58. The van der Waals surface area contributed by atoms with E-state index in [1.54, 1.807) is 11.8 Å². The molecule has 19 heavy (non-hydrogen) atoms. The molecule has 1 aromatic carbocycles. The third-order valence-electron chi connectivity index (χ3n) is 3.45. The molecule has 2 rings (SSSR count). The molecule has 1 heterocycles. The van der Waals surface area contributed by atoms with Crippen molar-refractivity contribution in [2.45, 2.75) is 38.6 Å². The maximum absolute atomic E-state index is 12.5. The highest BCUT2D eigenvalue weighted by Gasteiger charge is 2.35. The summed E-state index contributed by atoms with van der Waals surface area (Å²) < 4.78 is 0. The number of hydrogen-bond donors (Lipinski definition) is 1. The van der Waals surface area contributed by atoms with Crippen LogP contribution in [0, 0.1) is 0 Å². The Morgan fingerprint density at radius 3 is 2.84 bits per heavy atom. The van der Waals surface area contributed by atoms with Gasteiger partial charge in [0.15, 0.2) is 0 Å². The summed E-state index contributed by atoms with van der Waals surface area (Å²) >= 11 is 6.00. The molecule has 106 valence electrons. The number of rotatable bonds is 3. The molecule has 0 aromatic heterocycles. The van der Waals surface area contributed by atoms with Gasteiger partial charge in [0.1, 0.15) is 0 Å². The molecular weight excluding hydrogens is 283 g/mol. The van der Waals surface area contributed by atoms with Crippen molar-refractivity contribution < 1.29 is 4.79 Å². The molecule has 0 spiro atoms. The largest absolute Gasteiger partial charge is 0.318 e. The third-order valence-corrected chi connectivity index (χ3v) is 3.68. The van der Waals surface area contributed by atoms with Crippen molar-refractivity contribution in [2.75, 3.05) is 11.4 Å². The second-order valence-electron chi connectivity index (χ2n) is 5.15. The van der Waals surface area contributed by atoms with Crippen LogP contribution in [0.15, 0.2) is 18.2 Å². The fourth-order valence-electron chi connectivity index (χ4n) is 2.50. The highest BCUT2D eigenvalue weighted by Crippen LogP contribution is 2.32. The van der Waals surface area contributed by atoms with E-state index in [1.165, 1.54) is 5.56 Å². The summed E-state index contributed by atoms with van der Waals surface area (Å²) in [6, 6.07) is 5.70. The van der Waals surface area contributed by atoms with Gasteiger partial charge in [-0.15, -0.1) is 12.4 Å². The number of amides is 1. The maximum Gasteiger partial charge on any atom is 0.246 e. The number of hydrogen-bond acceptors (Lipinski definition) is 2. The van der Waals surface area contributed by atoms with Gasteiger partial charge < -0.3 is 10.6 Å². The predicted octanol–water partition coefficient (Wildman–Crippen LogP) is 3.17. The summed E-state index contributed by atoms with van der Waals surface area (Å²) in [5.41, 5.74) is 7.41. The Balaban J connectivity index is 0.00000180. The van der Waals surface area contributed by atoms with Gasteiger partial charge in [0.05, 0.1) is 5.54 Å². The summed E-state index contributed by atoms with van der Waals surface area (Å²) in [6.07, 6.45) is 2.47. The van der Waals surface area contributed by atoms with Crippen LogP contribution < -0.4 is 10.6 Å². The summed E-state index contributed by atoms with van der Waals surface area (Å²) in [5, 5.41) is 0.655. The quantitative estimate of drug-likeness (QED) is 0.932. The van der Waals surface area contributed by atoms with Gasteiger partial charge in [0, 0.05) is 17.3 Å². The monoisotopic (exact) mass is 302 g/mol. The molecule has 0 bridgehead atoms. The summed E-state index contributed by atoms with van der Waals surface area (Å²) in [5.74, 6) is -0.00892. The van der Waals surface area contributed by atoms with Gasteiger partial charge in [0.25, 0.3) is 0 Å². The maximum atomic E-state index is 12.5. The Morgan fingerprint density at radius 1 is 1.53 bits per heavy atom. The first-order chi connectivity index (χ1) is 8.45. The number of nitrogens with zero attached hydrogens (tertiary/aromatic N) is 1. The van der Waals surface area contributed by atoms with E-state index < -0.39 is 5.54 Å². The lowest BCUT2D eigenvalue weighted by atomic mass is 9.95. The zero-order chi connectivity index (χ0) is 13.3. The number of anilines is 1. The molecule has 1 aliphatic heterocycles. The molecule has 2 N–H and O–H groups in total. The number of carbonyl (C=O) groups excluding carboxylic acids is 1. The first-order valence-corrected chi connectivity index (χ1v) is 6.73. The minimum absolute atomic E-state index is 0. The molecule has 0 radical (unpaired) electrons. The van der Waals surface area contributed by atoms with E-state index in [1.807, 2.05) is 25.1 Å². The third kappa shape index (κ3) is 3.22. The normalized spacial score (nSPS) is 16.5. The molecule has 1 atom stereocenters. The van der Waals surface area contributed by atoms with Crippen LogP contribution in [0.1, 0.15) is 32.3 Å². The Bertz CT molecular complexity index is 475. The summed E-state index contributed by atoms with van der Waals surface area (Å²) in [4.78, 5) is 14.3. The van der Waals surface area contributed by atoms with E-state index >= 15 is 0 Å². The highest BCUT2D eigenvalue weighted by molar-refractivity contribution is 6.31. The van der Waals surface area contributed by atoms with Crippen LogP contribution in [0.2, 0.25) is 5.02 Å². The van der Waals surface area contributed by atoms with E-state index in [2.05, 4.69) is 0 Å². The smallest absolute Gasteiger partial charge is 0.246 e. The fraction of sp³-hybridized carbons (Fsp3) is 0.500. The van der Waals surface area contributed by atoms with E-state index in [9.17, 15) is 4.79 Å². The molecule has 0 saturated carbocycles. The summed E-state index contributed by atoms with van der Waals surface area (Å²) in [6.45, 7) is 4.54. The van der Waals surface area contributed by atoms with Crippen molar-refractivity contribution in [3.05, 3.63) is 28.8 Å². The molecule has 0 saturated heterocycles. The van der Waals surface area contributed by atoms with Gasteiger partial charge in [-0.2, -0.15) is 0 Å². The molecular formula is C14H20Cl2N2O. The lowest BCUT2D eigenvalue weighted by molar-refractivity contribution is -0.123. The average molecular weight is 303 g/mol. The SMILES string of the molecule is CCCC(C)(N)C(=O)N1CCc2ccc(Cl)cc21.Cl. The van der Waals surface area contributed by atoms with Crippen LogP contribution in [-0.2, 0) is 11.2 Å². The van der Waals surface area contributed by atoms with Gasteiger partial charge in [-0.05, 0) is 37.5 Å². The number of benzene rings is 1. The van der Waals surface area contributed by atoms with Crippen LogP contribution in [-0.4, -0.2) is 18.0 Å². The van der Waals surface area contributed by atoms with Crippen molar-refractivity contribution in [2.24, 2.45) is 5.73 Å². The molecule has 5 heteroatoms. The Kier molecular flexibility index (Phi) is 5.25. The topological polar surface area (TPSA) is 46.3 Å². The number of nitrogens with two attached hydrogens (primary N) is 1. The number of halogens is 2. The molecule has 1 aliphatic rings. The lowest BCUT2D eigenvalue weighted by Crippen LogP contribution is -2.53. The van der Waals surface area contributed by atoms with Crippen molar-refractivity contribution in [1.29, 1.82) is 0 Å². The van der Waals surface area contributed by atoms with Gasteiger partial charge in [-0.25, -0.2) is 0 Å². The van der Waals surface area contributed by atoms with Crippen molar-refractivity contribution in [3.63, 3.8) is 0 Å². The molecule has 0 aliphatic carbocycles. The van der Waals surface area contributed by atoms with Gasteiger partial charge >= 0.3 is 0 Å². The number of fused-ring (bicyclic) bond motifs is 1. The van der Waals surface area contributed by atoms with Crippen LogP contribution in [0.4, 0.5) is 5.69 Å². The highest BCUT2D eigenvalue weighted by atomic mass is 35.5. The van der Waals surface area contributed by atoms with Crippen LogP contribution >= 0.6 is 24.0 Å². The fourth-order valence-corrected chi connectivity index (χ4v) is 2.66. The standard InChI is InChI=1S/C14H19ClN2O.ClH/c1-3-7-14(2,16)13(18)17-8-6-10-4-5-11(15)9-12(10)17;/h4-5,9H,3,6-8,16H2,1-2H3;1H. The Hall–Kier alpha value is -0.770. The number of carbonyl (C=O) groups is 1. The zero-order valence-electron chi connectivity index (χ0n) is 11.3. The zero-order valence-corrected chi connectivity index (χ0v) is 12.9. The molecule has 1 aromatic rings. The summed E-state index contributed by atoms with van der Waals surface area (Å²) in [7, 11) is 0. The first-order valence-electron chi connectivity index (χ1n) is 6.35. The predicted molar refractivity (Wildman–Crippen MR) is 82.3 cm³/mol. The first kappa shape index (κ1) is 16.3. The average Bonchev–Trinajstić information content (AvgIpc) is 2.70. The molecule has 3 nitrogen and oxygen atoms in total. The Labute approximate surface area is 125 Å². The minimum atomic E-state index is -0.793. The van der Waals surface area contributed by atoms with Gasteiger partial charge in [-0.3, -0.25) is 4.79 Å². The lowest BCUT2D eigenvalue weighted by Gasteiger charge is -2.29. The van der Waals surface area contributed by atoms with E-state index in [4.69, 9.17) is 17.3 Å². The molecule has 1 amide bonds. The van der Waals surface area contributed by atoms with Crippen molar-refractivity contribution >= 4 is 35.6 Å². The molecule has 0 fully saturated rings. The van der Waals surface area contributed by atoms with Crippen molar-refractivity contribution in [1.82, 2.24) is 0 Å². The van der Waals surface area contributed by atoms with Gasteiger partial charge in [-0.1, -0.05) is 31.0 Å². The minimum Gasteiger partial charge on any atom is -0.318 e. The van der Waals surface area contributed by atoms with E-state index in [0.717, 1.165) is 18.5 Å². The van der Waals surface area contributed by atoms with Crippen molar-refractivity contribution in [3.8, 4) is 0 Å². The van der Waals surface area contributed by atoms with Crippen LogP contribution in [0.3, 0.4) is 0 Å². The molecule has 1 unspecified atom stereocenters. The van der Waals surface area contributed by atoms with Gasteiger partial charge in [0.2, 0.25) is 5.91 Å². The van der Waals surface area contributed by atoms with E-state index in [-0.39, 0.29) is 18.3 Å². The van der Waals surface area contributed by atoms with Crippen LogP contribution in [0.5, 0.6) is 0 Å². The Morgan fingerprint density at radius 2 is 2.21 bits per heavy atom.